The molecule has 0 aliphatic rings. The van der Waals surface area contributed by atoms with E-state index in [1.165, 1.54) is 0 Å². The lowest BCUT2D eigenvalue weighted by Gasteiger charge is -2.16. The van der Waals surface area contributed by atoms with Gasteiger partial charge in [0.25, 0.3) is 0 Å². The van der Waals surface area contributed by atoms with Crippen molar-refractivity contribution in [2.45, 2.75) is 33.6 Å². The average molecular weight is 273 g/mol. The quantitative estimate of drug-likeness (QED) is 0.848. The van der Waals surface area contributed by atoms with Crippen LogP contribution in [0.1, 0.15) is 32.9 Å². The molecule has 3 nitrogen and oxygen atoms in total. The molecule has 15 heavy (non-hydrogen) atoms. The van der Waals surface area contributed by atoms with Crippen LogP contribution in [0.2, 0.25) is 0 Å². The first-order valence-corrected chi connectivity index (χ1v) is 5.81. The van der Waals surface area contributed by atoms with Crippen LogP contribution in [0.25, 0.3) is 0 Å². The minimum atomic E-state index is -0.245. The largest absolute Gasteiger partial charge is 0.299 e. The predicted octanol–water partition coefficient (Wildman–Crippen LogP) is 2.73. The van der Waals surface area contributed by atoms with Gasteiger partial charge in [0.05, 0.1) is 16.4 Å². The van der Waals surface area contributed by atoms with Crippen LogP contribution in [-0.2, 0) is 18.3 Å². The second kappa shape index (κ2) is 4.47. The molecule has 0 radical (unpaired) electrons. The van der Waals surface area contributed by atoms with E-state index in [0.717, 1.165) is 16.6 Å². The normalized spacial score (nSPS) is 11.8. The first-order valence-electron chi connectivity index (χ1n) is 5.02. The summed E-state index contributed by atoms with van der Waals surface area (Å²) in [6.45, 7) is 5.86. The Morgan fingerprint density at radius 2 is 2.13 bits per heavy atom. The first kappa shape index (κ1) is 12.4. The third-order valence-corrected chi connectivity index (χ3v) is 3.10. The van der Waals surface area contributed by atoms with Crippen LogP contribution < -0.4 is 0 Å². The molecule has 84 valence electrons. The van der Waals surface area contributed by atoms with Crippen molar-refractivity contribution in [3.63, 3.8) is 0 Å². The molecular weight excluding hydrogens is 256 g/mol. The Labute approximate surface area is 99.0 Å². The highest BCUT2D eigenvalue weighted by atomic mass is 79.9. The number of carbonyl (C=O) groups is 1. The highest BCUT2D eigenvalue weighted by Crippen LogP contribution is 2.21. The fourth-order valence-corrected chi connectivity index (χ4v) is 1.87. The number of halogens is 1. The third kappa shape index (κ3) is 3.16. The summed E-state index contributed by atoms with van der Waals surface area (Å²) >= 11 is 3.42. The van der Waals surface area contributed by atoms with Crippen molar-refractivity contribution in [3.05, 3.63) is 16.4 Å². The van der Waals surface area contributed by atoms with Gasteiger partial charge in [-0.3, -0.25) is 9.48 Å². The lowest BCUT2D eigenvalue weighted by Crippen LogP contribution is -2.20. The minimum absolute atomic E-state index is 0.245. The molecule has 4 heteroatoms. The Hall–Kier alpha value is -0.640. The van der Waals surface area contributed by atoms with E-state index in [2.05, 4.69) is 21.0 Å². The number of ketones is 1. The summed E-state index contributed by atoms with van der Waals surface area (Å²) in [5, 5.41) is 4.11. The standard InChI is InChI=1S/C11H17BrN2O/c1-11(2,3)10(15)6-5-9-8(12)7-13-14(9)4/h7H,5-6H2,1-4H3. The molecule has 0 atom stereocenters. The number of Topliss-reactive ketones (excluding diaryl/α,β-unsaturated/α-hetero) is 1. The molecule has 0 saturated carbocycles. The van der Waals surface area contributed by atoms with Crippen LogP contribution in [0.4, 0.5) is 0 Å². The highest BCUT2D eigenvalue weighted by molar-refractivity contribution is 9.10. The lowest BCUT2D eigenvalue weighted by atomic mass is 9.88. The summed E-state index contributed by atoms with van der Waals surface area (Å²) in [4.78, 5) is 11.7. The Morgan fingerprint density at radius 3 is 2.53 bits per heavy atom. The van der Waals surface area contributed by atoms with Crippen molar-refractivity contribution < 1.29 is 4.79 Å². The number of nitrogens with zero attached hydrogens (tertiary/aromatic N) is 2. The molecule has 0 unspecified atom stereocenters. The second-order valence-corrected chi connectivity index (χ2v) is 5.59. The molecule has 1 aromatic rings. The van der Waals surface area contributed by atoms with Crippen LogP contribution in [0.15, 0.2) is 10.7 Å². The van der Waals surface area contributed by atoms with Crippen LogP contribution in [0, 0.1) is 5.41 Å². The molecule has 0 amide bonds. The second-order valence-electron chi connectivity index (χ2n) is 4.74. The molecular formula is C11H17BrN2O. The van der Waals surface area contributed by atoms with E-state index in [-0.39, 0.29) is 11.2 Å². The van der Waals surface area contributed by atoms with E-state index in [9.17, 15) is 4.79 Å². The smallest absolute Gasteiger partial charge is 0.138 e. The Kier molecular flexibility index (Phi) is 3.71. The number of carbonyl (C=O) groups excluding carboxylic acids is 1. The zero-order chi connectivity index (χ0) is 11.6. The number of hydrogen-bond acceptors (Lipinski definition) is 2. The van der Waals surface area contributed by atoms with Gasteiger partial charge in [-0.25, -0.2) is 0 Å². The summed E-state index contributed by atoms with van der Waals surface area (Å²) in [6.07, 6.45) is 3.08. The Balaban J connectivity index is 2.62. The molecule has 0 saturated heterocycles. The van der Waals surface area contributed by atoms with Gasteiger partial charge in [-0.15, -0.1) is 0 Å². The van der Waals surface area contributed by atoms with Gasteiger partial charge in [0.2, 0.25) is 0 Å². The van der Waals surface area contributed by atoms with E-state index >= 15 is 0 Å². The fraction of sp³-hybridized carbons (Fsp3) is 0.636. The molecule has 1 heterocycles. The summed E-state index contributed by atoms with van der Waals surface area (Å²) in [6, 6.07) is 0. The molecule has 0 aromatic carbocycles. The summed E-state index contributed by atoms with van der Waals surface area (Å²) in [5.41, 5.74) is 0.832. The van der Waals surface area contributed by atoms with Crippen LogP contribution in [0.3, 0.4) is 0 Å². The number of aromatic nitrogens is 2. The van der Waals surface area contributed by atoms with E-state index in [4.69, 9.17) is 0 Å². The lowest BCUT2D eigenvalue weighted by molar-refractivity contribution is -0.126. The average Bonchev–Trinajstić information content (AvgIpc) is 2.41. The highest BCUT2D eigenvalue weighted by Gasteiger charge is 2.21. The van der Waals surface area contributed by atoms with Crippen LogP contribution >= 0.6 is 15.9 Å². The van der Waals surface area contributed by atoms with Gasteiger partial charge < -0.3 is 0 Å². The molecule has 0 N–H and O–H groups in total. The molecule has 1 aromatic heterocycles. The maximum absolute atomic E-state index is 11.7. The summed E-state index contributed by atoms with van der Waals surface area (Å²) in [5.74, 6) is 0.288. The van der Waals surface area contributed by atoms with Crippen molar-refractivity contribution in [1.82, 2.24) is 9.78 Å². The van der Waals surface area contributed by atoms with Gasteiger partial charge >= 0.3 is 0 Å². The fourth-order valence-electron chi connectivity index (χ4n) is 1.32. The van der Waals surface area contributed by atoms with Gasteiger partial charge in [0, 0.05) is 18.9 Å². The van der Waals surface area contributed by atoms with Crippen molar-refractivity contribution in [2.75, 3.05) is 0 Å². The van der Waals surface area contributed by atoms with E-state index < -0.39 is 0 Å². The van der Waals surface area contributed by atoms with E-state index in [1.807, 2.05) is 27.8 Å². The SMILES string of the molecule is Cn1ncc(Br)c1CCC(=O)C(C)(C)C. The topological polar surface area (TPSA) is 34.9 Å². The molecule has 0 aliphatic carbocycles. The molecule has 0 aliphatic heterocycles. The predicted molar refractivity (Wildman–Crippen MR) is 63.7 cm³/mol. The van der Waals surface area contributed by atoms with Gasteiger partial charge in [-0.1, -0.05) is 20.8 Å². The summed E-state index contributed by atoms with van der Waals surface area (Å²) < 4.78 is 2.78. The first-order chi connectivity index (χ1) is 6.82. The number of aryl methyl sites for hydroxylation is 1. The molecule has 0 bridgehead atoms. The maximum atomic E-state index is 11.7. The third-order valence-electron chi connectivity index (χ3n) is 2.44. The van der Waals surface area contributed by atoms with Gasteiger partial charge in [-0.2, -0.15) is 5.10 Å². The zero-order valence-electron chi connectivity index (χ0n) is 9.67. The van der Waals surface area contributed by atoms with Crippen LogP contribution in [-0.4, -0.2) is 15.6 Å². The van der Waals surface area contributed by atoms with Gasteiger partial charge in [0.15, 0.2) is 0 Å². The minimum Gasteiger partial charge on any atom is -0.299 e. The van der Waals surface area contributed by atoms with Crippen molar-refractivity contribution in [3.8, 4) is 0 Å². The Morgan fingerprint density at radius 1 is 1.53 bits per heavy atom. The number of hydrogen-bond donors (Lipinski definition) is 0. The Bertz CT molecular complexity index is 344. The van der Waals surface area contributed by atoms with Crippen molar-refractivity contribution in [1.29, 1.82) is 0 Å². The number of rotatable bonds is 3. The molecule has 0 spiro atoms. The summed E-state index contributed by atoms with van der Waals surface area (Å²) in [7, 11) is 1.89. The molecule has 0 fully saturated rings. The molecule has 1 rings (SSSR count). The van der Waals surface area contributed by atoms with E-state index in [1.54, 1.807) is 10.9 Å². The van der Waals surface area contributed by atoms with E-state index in [0.29, 0.717) is 6.42 Å². The van der Waals surface area contributed by atoms with Crippen LogP contribution in [0.5, 0.6) is 0 Å². The maximum Gasteiger partial charge on any atom is 0.138 e. The van der Waals surface area contributed by atoms with Crippen molar-refractivity contribution in [2.24, 2.45) is 12.5 Å². The zero-order valence-corrected chi connectivity index (χ0v) is 11.3. The van der Waals surface area contributed by atoms with Gasteiger partial charge in [-0.05, 0) is 22.4 Å². The van der Waals surface area contributed by atoms with Gasteiger partial charge in [0.1, 0.15) is 5.78 Å². The van der Waals surface area contributed by atoms with Crippen molar-refractivity contribution >= 4 is 21.7 Å². The monoisotopic (exact) mass is 272 g/mol.